The van der Waals surface area contributed by atoms with Gasteiger partial charge in [-0.2, -0.15) is 0 Å². The highest BCUT2D eigenvalue weighted by molar-refractivity contribution is 6.16. The molecule has 0 fully saturated rings. The van der Waals surface area contributed by atoms with Crippen molar-refractivity contribution >= 4 is 22.5 Å². The van der Waals surface area contributed by atoms with Crippen molar-refractivity contribution < 1.29 is 4.79 Å². The third kappa shape index (κ3) is 1.41. The highest BCUT2D eigenvalue weighted by atomic mass is 16.1. The summed E-state index contributed by atoms with van der Waals surface area (Å²) in [5.41, 5.74) is 2.97. The number of hydrogen-bond donors (Lipinski definition) is 2. The number of allylic oxidation sites excluding steroid dienone is 2. The lowest BCUT2D eigenvalue weighted by atomic mass is 9.82. The van der Waals surface area contributed by atoms with E-state index in [1.54, 1.807) is 0 Å². The molecule has 2 aliphatic rings. The number of anilines is 1. The predicted molar refractivity (Wildman–Crippen MR) is 76.4 cm³/mol. The van der Waals surface area contributed by atoms with Crippen molar-refractivity contribution in [2.24, 2.45) is 5.92 Å². The molecule has 0 radical (unpaired) electrons. The fourth-order valence-electron chi connectivity index (χ4n) is 3.03. The second-order valence-corrected chi connectivity index (χ2v) is 5.25. The zero-order chi connectivity index (χ0) is 13.0. The Labute approximate surface area is 111 Å². The molecule has 2 unspecified atom stereocenters. The summed E-state index contributed by atoms with van der Waals surface area (Å²) in [5, 5.41) is 4.44. The van der Waals surface area contributed by atoms with Gasteiger partial charge < -0.3 is 10.3 Å². The lowest BCUT2D eigenvalue weighted by molar-refractivity contribution is 0.0937. The average Bonchev–Trinajstić information content (AvgIpc) is 2.78. The summed E-state index contributed by atoms with van der Waals surface area (Å²) in [6.07, 6.45) is 6.20. The minimum absolute atomic E-state index is 0.0664. The molecular weight excluding hydrogens is 236 g/mol. The number of nitrogens with one attached hydrogen (secondary N) is 2. The fourth-order valence-corrected chi connectivity index (χ4v) is 3.03. The van der Waals surface area contributed by atoms with Gasteiger partial charge in [-0.25, -0.2) is 0 Å². The van der Waals surface area contributed by atoms with Crippen LogP contribution in [0.15, 0.2) is 48.1 Å². The molecule has 4 rings (SSSR count). The number of Topliss-reactive ketones (excluding diaryl/α,β-unsaturated/α-hetero) is 1. The molecule has 1 aromatic heterocycles. The van der Waals surface area contributed by atoms with Crippen LogP contribution in [0.3, 0.4) is 0 Å². The van der Waals surface area contributed by atoms with E-state index >= 15 is 0 Å². The number of H-pyrrole nitrogens is 1. The highest BCUT2D eigenvalue weighted by Gasteiger charge is 2.36. The minimum Gasteiger partial charge on any atom is -0.364 e. The van der Waals surface area contributed by atoms with E-state index < -0.39 is 0 Å². The van der Waals surface area contributed by atoms with Crippen LogP contribution in [0.5, 0.6) is 0 Å². The van der Waals surface area contributed by atoms with E-state index in [9.17, 15) is 4.79 Å². The average molecular weight is 250 g/mol. The van der Waals surface area contributed by atoms with Gasteiger partial charge in [-0.3, -0.25) is 4.79 Å². The molecule has 0 bridgehead atoms. The summed E-state index contributed by atoms with van der Waals surface area (Å²) in [7, 11) is 0. The molecular formula is C16H14N2O. The summed E-state index contributed by atoms with van der Waals surface area (Å²) in [4.78, 5) is 16.0. The maximum absolute atomic E-state index is 12.7. The number of carbonyl (C=O) groups excluding carboxylic acids is 1. The van der Waals surface area contributed by atoms with Gasteiger partial charge >= 0.3 is 0 Å². The van der Waals surface area contributed by atoms with Gasteiger partial charge in [0.1, 0.15) is 5.82 Å². The molecule has 0 amide bonds. The third-order valence-electron chi connectivity index (χ3n) is 3.96. The molecule has 0 spiro atoms. The Balaban J connectivity index is 1.94. The largest absolute Gasteiger partial charge is 0.364 e. The quantitative estimate of drug-likeness (QED) is 0.753. The van der Waals surface area contributed by atoms with E-state index in [0.29, 0.717) is 0 Å². The van der Waals surface area contributed by atoms with E-state index in [-0.39, 0.29) is 17.7 Å². The number of fused-ring (bicyclic) bond motifs is 4. The van der Waals surface area contributed by atoms with Crippen LogP contribution in [0, 0.1) is 5.92 Å². The number of hydrogen-bond acceptors (Lipinski definition) is 2. The Kier molecular flexibility index (Phi) is 2.01. The van der Waals surface area contributed by atoms with Gasteiger partial charge in [0.25, 0.3) is 0 Å². The Morgan fingerprint density at radius 2 is 2.05 bits per heavy atom. The summed E-state index contributed by atoms with van der Waals surface area (Å²) >= 11 is 0. The first-order valence-electron chi connectivity index (χ1n) is 6.52. The molecule has 94 valence electrons. The molecule has 1 aliphatic heterocycles. The minimum atomic E-state index is -0.0864. The van der Waals surface area contributed by atoms with Crippen molar-refractivity contribution in [3.05, 3.63) is 53.6 Å². The van der Waals surface area contributed by atoms with Gasteiger partial charge in [-0.1, -0.05) is 42.0 Å². The predicted octanol–water partition coefficient (Wildman–Crippen LogP) is 3.28. The lowest BCUT2D eigenvalue weighted by Crippen LogP contribution is -2.38. The van der Waals surface area contributed by atoms with E-state index in [4.69, 9.17) is 0 Å². The van der Waals surface area contributed by atoms with Gasteiger partial charge in [0.2, 0.25) is 0 Å². The lowest BCUT2D eigenvalue weighted by Gasteiger charge is -2.30. The molecule has 3 heteroatoms. The summed E-state index contributed by atoms with van der Waals surface area (Å²) in [6, 6.07) is 8.02. The highest BCUT2D eigenvalue weighted by Crippen LogP contribution is 2.36. The number of ketones is 1. The third-order valence-corrected chi connectivity index (χ3v) is 3.96. The SMILES string of the molecule is CC1=CC2C(=O)c3c([nH]c4ccccc34)NC2C=C1. The number of para-hydroxylation sites is 1. The number of benzene rings is 1. The number of rotatable bonds is 0. The summed E-state index contributed by atoms with van der Waals surface area (Å²) in [5.74, 6) is 0.974. The van der Waals surface area contributed by atoms with Crippen LogP contribution in [-0.4, -0.2) is 16.8 Å². The van der Waals surface area contributed by atoms with Gasteiger partial charge in [-0.15, -0.1) is 0 Å². The van der Waals surface area contributed by atoms with Crippen molar-refractivity contribution in [3.8, 4) is 0 Å². The first-order chi connectivity index (χ1) is 9.24. The number of aromatic amines is 1. The summed E-state index contributed by atoms with van der Waals surface area (Å²) < 4.78 is 0. The number of aromatic nitrogens is 1. The van der Waals surface area contributed by atoms with Crippen LogP contribution in [0.2, 0.25) is 0 Å². The maximum atomic E-state index is 12.7. The summed E-state index contributed by atoms with van der Waals surface area (Å²) in [6.45, 7) is 2.03. The molecule has 3 nitrogen and oxygen atoms in total. The second kappa shape index (κ2) is 3.60. The van der Waals surface area contributed by atoms with Crippen molar-refractivity contribution in [2.75, 3.05) is 5.32 Å². The zero-order valence-corrected chi connectivity index (χ0v) is 10.6. The van der Waals surface area contributed by atoms with Gasteiger partial charge in [0, 0.05) is 10.9 Å². The Morgan fingerprint density at radius 3 is 2.95 bits per heavy atom. The molecule has 2 heterocycles. The monoisotopic (exact) mass is 250 g/mol. The van der Waals surface area contributed by atoms with Gasteiger partial charge in [0.15, 0.2) is 5.78 Å². The van der Waals surface area contributed by atoms with Crippen molar-refractivity contribution in [1.29, 1.82) is 0 Å². The Bertz CT molecular complexity index is 751. The van der Waals surface area contributed by atoms with E-state index in [1.807, 2.05) is 31.2 Å². The molecule has 1 aromatic carbocycles. The fraction of sp³-hybridized carbons (Fsp3) is 0.188. The first kappa shape index (κ1) is 10.6. The number of carbonyl (C=O) groups is 1. The molecule has 2 N–H and O–H groups in total. The molecule has 19 heavy (non-hydrogen) atoms. The van der Waals surface area contributed by atoms with Crippen LogP contribution in [0.4, 0.5) is 5.82 Å². The van der Waals surface area contributed by atoms with Crippen molar-refractivity contribution in [2.45, 2.75) is 13.0 Å². The van der Waals surface area contributed by atoms with Gasteiger partial charge in [-0.05, 0) is 13.0 Å². The van der Waals surface area contributed by atoms with Crippen LogP contribution in [0.25, 0.3) is 10.9 Å². The van der Waals surface area contributed by atoms with Crippen LogP contribution < -0.4 is 5.32 Å². The van der Waals surface area contributed by atoms with Crippen LogP contribution >= 0.6 is 0 Å². The van der Waals surface area contributed by atoms with E-state index in [1.165, 1.54) is 0 Å². The maximum Gasteiger partial charge on any atom is 0.176 e. The van der Waals surface area contributed by atoms with Crippen molar-refractivity contribution in [1.82, 2.24) is 4.98 Å². The standard InChI is InChI=1S/C16H14N2O/c1-9-6-7-13-11(8-9)15(19)14-10-4-2-3-5-12(10)17-16(14)18-13/h2-8,11,13,17-18H,1H3. The van der Waals surface area contributed by atoms with Crippen LogP contribution in [0.1, 0.15) is 17.3 Å². The van der Waals surface area contributed by atoms with Crippen LogP contribution in [-0.2, 0) is 0 Å². The molecule has 0 saturated heterocycles. The first-order valence-corrected chi connectivity index (χ1v) is 6.52. The van der Waals surface area contributed by atoms with Crippen molar-refractivity contribution in [3.63, 3.8) is 0 Å². The Hall–Kier alpha value is -2.29. The topological polar surface area (TPSA) is 44.9 Å². The van der Waals surface area contributed by atoms with E-state index in [2.05, 4.69) is 28.5 Å². The smallest absolute Gasteiger partial charge is 0.176 e. The van der Waals surface area contributed by atoms with E-state index in [0.717, 1.165) is 27.9 Å². The zero-order valence-electron chi connectivity index (χ0n) is 10.6. The molecule has 1 aliphatic carbocycles. The second-order valence-electron chi connectivity index (χ2n) is 5.25. The van der Waals surface area contributed by atoms with Gasteiger partial charge in [0.05, 0.1) is 17.5 Å². The molecule has 0 saturated carbocycles. The molecule has 2 aromatic rings. The Morgan fingerprint density at radius 1 is 1.21 bits per heavy atom. The normalized spacial score (nSPS) is 24.7. The molecule has 2 atom stereocenters.